The van der Waals surface area contributed by atoms with Gasteiger partial charge in [-0.3, -0.25) is 0 Å². The summed E-state index contributed by atoms with van der Waals surface area (Å²) in [5.74, 6) is 0. The molecule has 0 N–H and O–H groups in total. The van der Waals surface area contributed by atoms with Gasteiger partial charge < -0.3 is 9.22 Å². The minimum Gasteiger partial charge on any atom is -0.478 e. The number of rotatable bonds is 0. The van der Waals surface area contributed by atoms with Gasteiger partial charge in [0.1, 0.15) is 0 Å². The van der Waals surface area contributed by atoms with Crippen LogP contribution in [0.15, 0.2) is 16.7 Å². The molecule has 1 heterocycles. The van der Waals surface area contributed by atoms with E-state index in [2.05, 4.69) is 4.40 Å². The van der Waals surface area contributed by atoms with Gasteiger partial charge in [-0.25, -0.2) is 0 Å². The van der Waals surface area contributed by atoms with Crippen LogP contribution in [-0.2, 0) is 3.96 Å². The maximum atomic E-state index is 10.1. The van der Waals surface area contributed by atoms with Gasteiger partial charge >= 0.3 is 12.2 Å². The first kappa shape index (κ1) is 4.67. The van der Waals surface area contributed by atoms with Crippen LogP contribution in [0.2, 0.25) is 0 Å². The molecule has 1 aliphatic rings. The van der Waals surface area contributed by atoms with E-state index in [0.29, 0.717) is 0 Å². The zero-order valence-electron chi connectivity index (χ0n) is 3.40. The Kier molecular flexibility index (Phi) is 1.33. The number of allylic oxidation sites excluding steroid dienone is 1. The first-order valence-corrected chi connectivity index (χ1v) is 2.37. The maximum absolute atomic E-state index is 10.1. The van der Waals surface area contributed by atoms with Gasteiger partial charge in [0.25, 0.3) is 0 Å². The van der Waals surface area contributed by atoms with Crippen molar-refractivity contribution in [2.45, 2.75) is 0 Å². The van der Waals surface area contributed by atoms with Crippen molar-refractivity contribution in [2.75, 3.05) is 0 Å². The van der Waals surface area contributed by atoms with Crippen molar-refractivity contribution in [3.05, 3.63) is 12.3 Å². The number of nitrogens with zero attached hydrogens (tertiary/aromatic N) is 1. The molecule has 4 heteroatoms. The lowest BCUT2D eigenvalue weighted by Crippen LogP contribution is -2.12. The second-order valence-corrected chi connectivity index (χ2v) is 1.61. The minimum atomic E-state index is 0.795. The van der Waals surface area contributed by atoms with E-state index in [1.165, 1.54) is 10.2 Å². The molecule has 38 valence electrons. The van der Waals surface area contributed by atoms with Gasteiger partial charge in [-0.05, 0) is 0 Å². The smallest absolute Gasteiger partial charge is 0.410 e. The molecule has 7 heavy (non-hydrogen) atoms. The summed E-state index contributed by atoms with van der Waals surface area (Å²) < 4.78 is 4.90. The van der Waals surface area contributed by atoms with Crippen molar-refractivity contribution in [1.29, 1.82) is 0 Å². The summed E-state index contributed by atoms with van der Waals surface area (Å²) in [4.78, 5) is 0. The molecule has 0 saturated carbocycles. The molecule has 1 rings (SSSR count). The summed E-state index contributed by atoms with van der Waals surface area (Å²) in [7, 11) is 0. The van der Waals surface area contributed by atoms with Crippen LogP contribution in [0.25, 0.3) is 0 Å². The maximum Gasteiger partial charge on any atom is 0.410 e. The zero-order chi connectivity index (χ0) is 5.11. The van der Waals surface area contributed by atoms with E-state index < -0.39 is 0 Å². The van der Waals surface area contributed by atoms with Gasteiger partial charge in [-0.1, -0.05) is 0 Å². The third-order valence-electron chi connectivity index (χ3n) is 0.453. The summed E-state index contributed by atoms with van der Waals surface area (Å²) in [6.07, 6.45) is 4.41. The molecule has 3 nitrogen and oxygen atoms in total. The summed E-state index contributed by atoms with van der Waals surface area (Å²) >= 11 is 0.795. The van der Waals surface area contributed by atoms with Crippen LogP contribution in [-0.4, -0.2) is 6.21 Å². The topological polar surface area (TPSA) is 38.1 Å². The standard InChI is InChI=1S/C3H3NO2S/c5-6-3-1-2-4-7-6/h1-3H. The van der Waals surface area contributed by atoms with E-state index in [-0.39, 0.29) is 0 Å². The van der Waals surface area contributed by atoms with Crippen LogP contribution in [0.4, 0.5) is 0 Å². The Morgan fingerprint density at radius 2 is 2.57 bits per heavy atom. The SMILES string of the molecule is [O-][O+]1C=CC=NS1. The third-order valence-corrected chi connectivity index (χ3v) is 0.919. The van der Waals surface area contributed by atoms with E-state index in [4.69, 9.17) is 0 Å². The van der Waals surface area contributed by atoms with Crippen molar-refractivity contribution in [3.63, 3.8) is 0 Å². The van der Waals surface area contributed by atoms with Gasteiger partial charge in [-0.2, -0.15) is 0 Å². The quantitative estimate of drug-likeness (QED) is 0.193. The molecule has 0 aromatic heterocycles. The summed E-state index contributed by atoms with van der Waals surface area (Å²) in [6, 6.07) is 0. The van der Waals surface area contributed by atoms with E-state index in [0.717, 1.165) is 12.2 Å². The predicted molar refractivity (Wildman–Crippen MR) is 26.3 cm³/mol. The monoisotopic (exact) mass is 117 g/mol. The summed E-state index contributed by atoms with van der Waals surface area (Å²) in [6.45, 7) is 0. The molecular formula is C3H3NO2S. The molecule has 0 unspecified atom stereocenters. The molecule has 0 aromatic rings. The molecular weight excluding hydrogens is 114 g/mol. The van der Waals surface area contributed by atoms with Crippen molar-refractivity contribution in [2.24, 2.45) is 4.40 Å². The molecule has 1 aliphatic heterocycles. The Labute approximate surface area is 45.3 Å². The predicted octanol–water partition coefficient (Wildman–Crippen LogP) is -0.0247. The fourth-order valence-corrected chi connectivity index (χ4v) is 0.545. The summed E-state index contributed by atoms with van der Waals surface area (Å²) in [5, 5.41) is 10.1. The molecule has 0 radical (unpaired) electrons. The first-order chi connectivity index (χ1) is 3.39. The molecule has 0 amide bonds. The van der Waals surface area contributed by atoms with E-state index in [1.807, 2.05) is 0 Å². The van der Waals surface area contributed by atoms with Crippen molar-refractivity contribution >= 4 is 18.4 Å². The van der Waals surface area contributed by atoms with Crippen LogP contribution < -0.4 is 5.26 Å². The number of hydrogen-bond donors (Lipinski definition) is 0. The van der Waals surface area contributed by atoms with Crippen LogP contribution in [0.3, 0.4) is 0 Å². The van der Waals surface area contributed by atoms with Crippen LogP contribution in [0.5, 0.6) is 0 Å². The first-order valence-electron chi connectivity index (χ1n) is 1.68. The average Bonchev–Trinajstić information content (AvgIpc) is 1.69. The zero-order valence-corrected chi connectivity index (χ0v) is 4.22. The van der Waals surface area contributed by atoms with Gasteiger partial charge in [-0.15, -0.1) is 4.40 Å². The van der Waals surface area contributed by atoms with Crippen LogP contribution in [0, 0.1) is 0 Å². The summed E-state index contributed by atoms with van der Waals surface area (Å²) in [5.41, 5.74) is 0. The van der Waals surface area contributed by atoms with E-state index in [9.17, 15) is 5.26 Å². The average molecular weight is 117 g/mol. The Morgan fingerprint density at radius 3 is 2.86 bits per heavy atom. The van der Waals surface area contributed by atoms with Gasteiger partial charge in [0, 0.05) is 6.08 Å². The van der Waals surface area contributed by atoms with Crippen molar-refractivity contribution in [1.82, 2.24) is 0 Å². The highest BCUT2D eigenvalue weighted by molar-refractivity contribution is 7.93. The normalized spacial score (nSPS) is 18.1. The second kappa shape index (κ2) is 1.99. The van der Waals surface area contributed by atoms with Crippen LogP contribution >= 0.6 is 12.2 Å². The minimum absolute atomic E-state index is 0.795. The Morgan fingerprint density at radius 1 is 1.71 bits per heavy atom. The van der Waals surface area contributed by atoms with Gasteiger partial charge in [0.05, 0.1) is 6.21 Å². The van der Waals surface area contributed by atoms with Gasteiger partial charge in [0.15, 0.2) is 0 Å². The van der Waals surface area contributed by atoms with E-state index in [1.54, 1.807) is 12.3 Å². The largest absolute Gasteiger partial charge is 0.478 e. The second-order valence-electron chi connectivity index (χ2n) is 0.918. The fourth-order valence-electron chi connectivity index (χ4n) is 0.227. The molecule has 0 saturated heterocycles. The highest BCUT2D eigenvalue weighted by Crippen LogP contribution is 2.12. The Hall–Kier alpha value is -0.480. The molecule has 0 fully saturated rings. The van der Waals surface area contributed by atoms with Crippen molar-refractivity contribution < 1.29 is 9.22 Å². The van der Waals surface area contributed by atoms with Gasteiger partial charge in [0.2, 0.25) is 6.26 Å². The lowest BCUT2D eigenvalue weighted by atomic mass is 10.7. The lowest BCUT2D eigenvalue weighted by molar-refractivity contribution is -0.704. The fraction of sp³-hybridized carbons (Fsp3) is 0. The molecule has 0 spiro atoms. The Bertz CT molecular complexity index is 112. The van der Waals surface area contributed by atoms with Crippen molar-refractivity contribution in [3.8, 4) is 0 Å². The molecule has 0 aliphatic carbocycles. The molecule has 0 atom stereocenters. The van der Waals surface area contributed by atoms with E-state index >= 15 is 0 Å². The third kappa shape index (κ3) is 1.21. The highest BCUT2D eigenvalue weighted by atomic mass is 32.2. The molecule has 0 aromatic carbocycles. The lowest BCUT2D eigenvalue weighted by Gasteiger charge is -2.12. The Balaban J connectivity index is 2.49. The molecule has 0 bridgehead atoms. The highest BCUT2D eigenvalue weighted by Gasteiger charge is 1.95. The number of hydrogen-bond acceptors (Lipinski definition) is 3. The van der Waals surface area contributed by atoms with Crippen LogP contribution in [0.1, 0.15) is 0 Å².